The highest BCUT2D eigenvalue weighted by Crippen LogP contribution is 2.23. The van der Waals surface area contributed by atoms with Crippen LogP contribution < -0.4 is 20.3 Å². The van der Waals surface area contributed by atoms with Gasteiger partial charge in [0.05, 0.1) is 12.7 Å². The number of aromatic nitrogens is 2. The first-order chi connectivity index (χ1) is 15.1. The molecule has 31 heavy (non-hydrogen) atoms. The molecular weight excluding hydrogens is 390 g/mol. The van der Waals surface area contributed by atoms with E-state index in [0.717, 1.165) is 36.2 Å². The Morgan fingerprint density at radius 3 is 2.42 bits per heavy atom. The van der Waals surface area contributed by atoms with E-state index in [0.29, 0.717) is 17.0 Å². The fourth-order valence-electron chi connectivity index (χ4n) is 3.67. The molecule has 7 nitrogen and oxygen atoms in total. The number of nitrogens with zero attached hydrogens (tertiary/aromatic N) is 3. The fraction of sp³-hybridized carbons (Fsp3) is 0.292. The summed E-state index contributed by atoms with van der Waals surface area (Å²) in [6.07, 6.45) is 3.64. The summed E-state index contributed by atoms with van der Waals surface area (Å²) in [4.78, 5) is 24.1. The number of carbonyl (C=O) groups is 1. The second-order valence-electron chi connectivity index (χ2n) is 7.60. The van der Waals surface area contributed by atoms with Crippen LogP contribution in [0.4, 0.5) is 23.1 Å². The minimum absolute atomic E-state index is 0.212. The number of para-hydroxylation sites is 1. The maximum atomic E-state index is 12.6. The number of hydrogen-bond acceptors (Lipinski definition) is 6. The molecule has 0 radical (unpaired) electrons. The van der Waals surface area contributed by atoms with E-state index in [4.69, 9.17) is 9.72 Å². The monoisotopic (exact) mass is 417 g/mol. The molecule has 0 unspecified atom stereocenters. The Kier molecular flexibility index (Phi) is 6.31. The van der Waals surface area contributed by atoms with Crippen LogP contribution in [0, 0.1) is 6.92 Å². The Balaban J connectivity index is 1.44. The molecule has 1 aliphatic heterocycles. The van der Waals surface area contributed by atoms with Gasteiger partial charge in [0, 0.05) is 36.2 Å². The van der Waals surface area contributed by atoms with Gasteiger partial charge in [0.15, 0.2) is 0 Å². The van der Waals surface area contributed by atoms with E-state index in [1.807, 2.05) is 49.4 Å². The molecule has 7 heteroatoms. The maximum Gasteiger partial charge on any atom is 0.259 e. The lowest BCUT2D eigenvalue weighted by molar-refractivity contribution is 0.102. The second-order valence-corrected chi connectivity index (χ2v) is 7.60. The molecule has 2 aromatic carbocycles. The van der Waals surface area contributed by atoms with E-state index < -0.39 is 0 Å². The van der Waals surface area contributed by atoms with Gasteiger partial charge in [0.25, 0.3) is 5.91 Å². The molecule has 160 valence electrons. The third-order valence-corrected chi connectivity index (χ3v) is 5.25. The van der Waals surface area contributed by atoms with Crippen molar-refractivity contribution in [3.8, 4) is 5.75 Å². The quantitative estimate of drug-likeness (QED) is 0.601. The van der Waals surface area contributed by atoms with Crippen LogP contribution in [0.5, 0.6) is 5.75 Å². The maximum absolute atomic E-state index is 12.6. The minimum atomic E-state index is -0.212. The largest absolute Gasteiger partial charge is 0.496 e. The number of hydrogen-bond donors (Lipinski definition) is 2. The number of piperidine rings is 1. The molecule has 1 aliphatic rings. The molecular formula is C24H27N5O2. The summed E-state index contributed by atoms with van der Waals surface area (Å²) >= 11 is 0. The van der Waals surface area contributed by atoms with E-state index in [1.165, 1.54) is 19.3 Å². The van der Waals surface area contributed by atoms with Crippen LogP contribution in [0.15, 0.2) is 54.6 Å². The second kappa shape index (κ2) is 9.47. The number of methoxy groups -OCH3 is 1. The lowest BCUT2D eigenvalue weighted by Gasteiger charge is -2.27. The molecule has 2 N–H and O–H groups in total. The van der Waals surface area contributed by atoms with Crippen LogP contribution in [-0.4, -0.2) is 36.1 Å². The van der Waals surface area contributed by atoms with Crippen LogP contribution in [0.25, 0.3) is 0 Å². The van der Waals surface area contributed by atoms with Crippen LogP contribution >= 0.6 is 0 Å². The summed E-state index contributed by atoms with van der Waals surface area (Å²) < 4.78 is 5.27. The van der Waals surface area contributed by atoms with Gasteiger partial charge in [-0.25, -0.2) is 4.98 Å². The fourth-order valence-corrected chi connectivity index (χ4v) is 3.67. The number of nitrogens with one attached hydrogen (secondary N) is 2. The number of carbonyl (C=O) groups excluding carboxylic acids is 1. The molecule has 0 aliphatic carbocycles. The van der Waals surface area contributed by atoms with Crippen molar-refractivity contribution in [3.63, 3.8) is 0 Å². The first-order valence-corrected chi connectivity index (χ1v) is 10.5. The van der Waals surface area contributed by atoms with Gasteiger partial charge in [-0.15, -0.1) is 0 Å². The highest BCUT2D eigenvalue weighted by atomic mass is 16.5. The molecule has 0 spiro atoms. The average molecular weight is 418 g/mol. The molecule has 3 aromatic rings. The smallest absolute Gasteiger partial charge is 0.259 e. The molecule has 0 atom stereocenters. The Morgan fingerprint density at radius 1 is 0.968 bits per heavy atom. The van der Waals surface area contributed by atoms with E-state index in [2.05, 4.69) is 20.5 Å². The Morgan fingerprint density at radius 2 is 1.68 bits per heavy atom. The number of amides is 1. The zero-order valence-corrected chi connectivity index (χ0v) is 17.9. The van der Waals surface area contributed by atoms with Crippen molar-refractivity contribution in [1.82, 2.24) is 9.97 Å². The first kappa shape index (κ1) is 20.7. The zero-order chi connectivity index (χ0) is 21.6. The molecule has 4 rings (SSSR count). The van der Waals surface area contributed by atoms with Crippen molar-refractivity contribution in [3.05, 3.63) is 65.9 Å². The predicted octanol–water partition coefficient (Wildman–Crippen LogP) is 4.78. The lowest BCUT2D eigenvalue weighted by atomic mass is 10.1. The van der Waals surface area contributed by atoms with Crippen molar-refractivity contribution >= 4 is 29.0 Å². The molecule has 1 fully saturated rings. The predicted molar refractivity (Wildman–Crippen MR) is 124 cm³/mol. The minimum Gasteiger partial charge on any atom is -0.496 e. The number of aryl methyl sites for hydroxylation is 1. The standard InChI is InChI=1S/C24H27N5O2/c1-17-16-22(28-24(25-17)29-14-6-3-7-15-29)26-18-10-12-19(13-11-18)27-23(30)20-8-4-5-9-21(20)31-2/h4-5,8-13,16H,3,6-7,14-15H2,1-2H3,(H,27,30)(H,25,26,28). The number of anilines is 4. The van der Waals surface area contributed by atoms with Crippen molar-refractivity contribution < 1.29 is 9.53 Å². The molecule has 1 saturated heterocycles. The van der Waals surface area contributed by atoms with Crippen molar-refractivity contribution in [1.29, 1.82) is 0 Å². The van der Waals surface area contributed by atoms with Gasteiger partial charge < -0.3 is 20.3 Å². The zero-order valence-electron chi connectivity index (χ0n) is 17.9. The molecule has 0 bridgehead atoms. The summed E-state index contributed by atoms with van der Waals surface area (Å²) in [7, 11) is 1.55. The Bertz CT molecular complexity index is 1050. The molecule has 2 heterocycles. The third-order valence-electron chi connectivity index (χ3n) is 5.25. The number of ether oxygens (including phenoxy) is 1. The van der Waals surface area contributed by atoms with Gasteiger partial charge in [-0.3, -0.25) is 4.79 Å². The molecule has 0 saturated carbocycles. The third kappa shape index (κ3) is 5.12. The van der Waals surface area contributed by atoms with Gasteiger partial charge in [-0.05, 0) is 62.6 Å². The Hall–Kier alpha value is -3.61. The average Bonchev–Trinajstić information content (AvgIpc) is 2.80. The lowest BCUT2D eigenvalue weighted by Crippen LogP contribution is -2.31. The highest BCUT2D eigenvalue weighted by Gasteiger charge is 2.15. The Labute approximate surface area is 182 Å². The van der Waals surface area contributed by atoms with Gasteiger partial charge in [0.2, 0.25) is 5.95 Å². The summed E-state index contributed by atoms with van der Waals surface area (Å²) in [6.45, 7) is 3.99. The van der Waals surface area contributed by atoms with Gasteiger partial charge >= 0.3 is 0 Å². The van der Waals surface area contributed by atoms with Crippen LogP contribution in [0.2, 0.25) is 0 Å². The van der Waals surface area contributed by atoms with Crippen LogP contribution in [0.1, 0.15) is 35.3 Å². The van der Waals surface area contributed by atoms with Gasteiger partial charge in [-0.2, -0.15) is 4.98 Å². The van der Waals surface area contributed by atoms with Crippen molar-refractivity contribution in [2.45, 2.75) is 26.2 Å². The first-order valence-electron chi connectivity index (χ1n) is 10.5. The molecule has 1 amide bonds. The van der Waals surface area contributed by atoms with Crippen molar-refractivity contribution in [2.75, 3.05) is 35.7 Å². The van der Waals surface area contributed by atoms with Gasteiger partial charge in [0.1, 0.15) is 11.6 Å². The van der Waals surface area contributed by atoms with E-state index >= 15 is 0 Å². The normalized spacial score (nSPS) is 13.5. The summed E-state index contributed by atoms with van der Waals surface area (Å²) in [6, 6.07) is 16.6. The van der Waals surface area contributed by atoms with Crippen molar-refractivity contribution in [2.24, 2.45) is 0 Å². The van der Waals surface area contributed by atoms with E-state index in [-0.39, 0.29) is 5.91 Å². The van der Waals surface area contributed by atoms with E-state index in [1.54, 1.807) is 19.2 Å². The van der Waals surface area contributed by atoms with Crippen LogP contribution in [0.3, 0.4) is 0 Å². The van der Waals surface area contributed by atoms with E-state index in [9.17, 15) is 4.79 Å². The topological polar surface area (TPSA) is 79.4 Å². The number of rotatable bonds is 6. The number of benzene rings is 2. The summed E-state index contributed by atoms with van der Waals surface area (Å²) in [5.74, 6) is 1.87. The highest BCUT2D eigenvalue weighted by molar-refractivity contribution is 6.06. The van der Waals surface area contributed by atoms with Crippen LogP contribution in [-0.2, 0) is 0 Å². The summed E-state index contributed by atoms with van der Waals surface area (Å²) in [5.41, 5.74) is 3.01. The molecule has 1 aromatic heterocycles. The SMILES string of the molecule is COc1ccccc1C(=O)Nc1ccc(Nc2cc(C)nc(N3CCCCC3)n2)cc1. The van der Waals surface area contributed by atoms with Gasteiger partial charge in [-0.1, -0.05) is 12.1 Å². The summed E-state index contributed by atoms with van der Waals surface area (Å²) in [5, 5.41) is 6.25.